The molecule has 0 heterocycles. The minimum Gasteiger partial charge on any atom is -0.489 e. The van der Waals surface area contributed by atoms with Crippen molar-refractivity contribution in [3.63, 3.8) is 0 Å². The van der Waals surface area contributed by atoms with Gasteiger partial charge in [0.2, 0.25) is 0 Å². The summed E-state index contributed by atoms with van der Waals surface area (Å²) < 4.78 is 19.5. The van der Waals surface area contributed by atoms with Gasteiger partial charge in [-0.15, -0.1) is 0 Å². The Labute approximate surface area is 133 Å². The van der Waals surface area contributed by atoms with E-state index >= 15 is 0 Å². The van der Waals surface area contributed by atoms with Crippen LogP contribution >= 0.6 is 15.9 Å². The molecule has 2 rings (SSSR count). The van der Waals surface area contributed by atoms with E-state index < -0.39 is 0 Å². The molecule has 0 bridgehead atoms. The molecule has 0 fully saturated rings. The van der Waals surface area contributed by atoms with E-state index in [4.69, 9.17) is 4.74 Å². The first-order chi connectivity index (χ1) is 10.0. The standard InChI is InChI=1S/C17H19BrFNO/c1-12(2)20-10-13-3-7-16(8-4-13)21-11-14-5-6-15(19)9-17(14)18/h3-9,12,20H,10-11H2,1-2H3. The van der Waals surface area contributed by atoms with Crippen LogP contribution in [0, 0.1) is 5.82 Å². The first-order valence-electron chi connectivity index (χ1n) is 6.93. The Balaban J connectivity index is 1.91. The van der Waals surface area contributed by atoms with Crippen molar-refractivity contribution in [1.82, 2.24) is 5.32 Å². The molecule has 0 saturated carbocycles. The first-order valence-corrected chi connectivity index (χ1v) is 7.73. The maximum atomic E-state index is 13.0. The molecule has 0 saturated heterocycles. The maximum absolute atomic E-state index is 13.0. The average molecular weight is 352 g/mol. The van der Waals surface area contributed by atoms with Gasteiger partial charge in [0.25, 0.3) is 0 Å². The summed E-state index contributed by atoms with van der Waals surface area (Å²) >= 11 is 3.34. The molecule has 0 atom stereocenters. The number of halogens is 2. The highest BCUT2D eigenvalue weighted by molar-refractivity contribution is 9.10. The van der Waals surface area contributed by atoms with Crippen molar-refractivity contribution in [2.75, 3.05) is 0 Å². The van der Waals surface area contributed by atoms with Gasteiger partial charge in [0.15, 0.2) is 0 Å². The molecule has 4 heteroatoms. The minimum absolute atomic E-state index is 0.257. The van der Waals surface area contributed by atoms with E-state index in [-0.39, 0.29) is 5.82 Å². The van der Waals surface area contributed by atoms with E-state index in [9.17, 15) is 4.39 Å². The topological polar surface area (TPSA) is 21.3 Å². The van der Waals surface area contributed by atoms with E-state index in [1.165, 1.54) is 17.7 Å². The molecule has 0 aliphatic rings. The fraction of sp³-hybridized carbons (Fsp3) is 0.294. The quantitative estimate of drug-likeness (QED) is 0.816. The van der Waals surface area contributed by atoms with E-state index in [0.717, 1.165) is 22.3 Å². The Hall–Kier alpha value is -1.39. The van der Waals surface area contributed by atoms with Gasteiger partial charge in [0.05, 0.1) is 0 Å². The lowest BCUT2D eigenvalue weighted by Gasteiger charge is -2.10. The predicted octanol–water partition coefficient (Wildman–Crippen LogP) is 4.67. The summed E-state index contributed by atoms with van der Waals surface area (Å²) in [5.41, 5.74) is 2.14. The fourth-order valence-corrected chi connectivity index (χ4v) is 2.29. The molecule has 2 nitrogen and oxygen atoms in total. The van der Waals surface area contributed by atoms with Crippen LogP contribution in [0.1, 0.15) is 25.0 Å². The predicted molar refractivity (Wildman–Crippen MR) is 86.8 cm³/mol. The molecular formula is C17H19BrFNO. The van der Waals surface area contributed by atoms with Crippen molar-refractivity contribution in [2.45, 2.75) is 33.0 Å². The second kappa shape index (κ2) is 7.57. The van der Waals surface area contributed by atoms with Gasteiger partial charge in [0.1, 0.15) is 18.2 Å². The summed E-state index contributed by atoms with van der Waals surface area (Å²) in [6, 6.07) is 13.1. The van der Waals surface area contributed by atoms with Crippen LogP contribution < -0.4 is 10.1 Å². The van der Waals surface area contributed by atoms with Crippen LogP contribution in [-0.4, -0.2) is 6.04 Å². The third-order valence-corrected chi connectivity index (χ3v) is 3.79. The van der Waals surface area contributed by atoms with Crippen molar-refractivity contribution >= 4 is 15.9 Å². The maximum Gasteiger partial charge on any atom is 0.124 e. The van der Waals surface area contributed by atoms with Crippen molar-refractivity contribution < 1.29 is 9.13 Å². The van der Waals surface area contributed by atoms with Gasteiger partial charge in [-0.1, -0.05) is 48.0 Å². The van der Waals surface area contributed by atoms with Crippen molar-refractivity contribution in [1.29, 1.82) is 0 Å². The van der Waals surface area contributed by atoms with Crippen LogP contribution in [0.4, 0.5) is 4.39 Å². The van der Waals surface area contributed by atoms with E-state index in [0.29, 0.717) is 12.6 Å². The highest BCUT2D eigenvalue weighted by Crippen LogP contribution is 2.20. The molecule has 0 spiro atoms. The fourth-order valence-electron chi connectivity index (χ4n) is 1.83. The monoisotopic (exact) mass is 351 g/mol. The summed E-state index contributed by atoms with van der Waals surface area (Å²) in [6.45, 7) is 5.50. The third kappa shape index (κ3) is 5.14. The number of hydrogen-bond acceptors (Lipinski definition) is 2. The highest BCUT2D eigenvalue weighted by atomic mass is 79.9. The second-order valence-electron chi connectivity index (χ2n) is 5.20. The van der Waals surface area contributed by atoms with E-state index in [1.54, 1.807) is 6.07 Å². The van der Waals surface area contributed by atoms with Crippen LogP contribution in [-0.2, 0) is 13.2 Å². The molecule has 2 aromatic carbocycles. The summed E-state index contributed by atoms with van der Waals surface area (Å²) in [6.07, 6.45) is 0. The van der Waals surface area contributed by atoms with E-state index in [2.05, 4.69) is 35.1 Å². The SMILES string of the molecule is CC(C)NCc1ccc(OCc2ccc(F)cc2Br)cc1. The Morgan fingerprint density at radius 3 is 2.48 bits per heavy atom. The van der Waals surface area contributed by atoms with Crippen LogP contribution in [0.15, 0.2) is 46.9 Å². The Morgan fingerprint density at radius 1 is 1.14 bits per heavy atom. The Kier molecular flexibility index (Phi) is 5.76. The first kappa shape index (κ1) is 16.0. The lowest BCUT2D eigenvalue weighted by molar-refractivity contribution is 0.305. The molecule has 0 radical (unpaired) electrons. The summed E-state index contributed by atoms with van der Waals surface area (Å²) in [5, 5.41) is 3.37. The molecule has 1 N–H and O–H groups in total. The van der Waals surface area contributed by atoms with Crippen molar-refractivity contribution in [3.05, 3.63) is 63.9 Å². The minimum atomic E-state index is -0.257. The third-order valence-electron chi connectivity index (χ3n) is 3.05. The Morgan fingerprint density at radius 2 is 1.86 bits per heavy atom. The number of hydrogen-bond donors (Lipinski definition) is 1. The summed E-state index contributed by atoms with van der Waals surface area (Å²) in [4.78, 5) is 0. The molecule has 0 aliphatic carbocycles. The number of nitrogens with one attached hydrogen (secondary N) is 1. The lowest BCUT2D eigenvalue weighted by atomic mass is 10.2. The summed E-state index contributed by atoms with van der Waals surface area (Å²) in [5.74, 6) is 0.548. The Bertz CT molecular complexity index is 584. The molecule has 112 valence electrons. The van der Waals surface area contributed by atoms with Gasteiger partial charge in [-0.2, -0.15) is 0 Å². The second-order valence-corrected chi connectivity index (χ2v) is 6.06. The van der Waals surface area contributed by atoms with Crippen molar-refractivity contribution in [3.8, 4) is 5.75 Å². The number of rotatable bonds is 6. The van der Waals surface area contributed by atoms with Crippen LogP contribution in [0.2, 0.25) is 0 Å². The zero-order chi connectivity index (χ0) is 15.2. The van der Waals surface area contributed by atoms with Crippen LogP contribution in [0.25, 0.3) is 0 Å². The largest absolute Gasteiger partial charge is 0.489 e. The summed E-state index contributed by atoms with van der Waals surface area (Å²) in [7, 11) is 0. The normalized spacial score (nSPS) is 10.9. The van der Waals surface area contributed by atoms with Gasteiger partial charge in [-0.25, -0.2) is 4.39 Å². The van der Waals surface area contributed by atoms with Crippen LogP contribution in [0.3, 0.4) is 0 Å². The van der Waals surface area contributed by atoms with Gasteiger partial charge in [-0.05, 0) is 29.8 Å². The molecule has 0 aromatic heterocycles. The van der Waals surface area contributed by atoms with Crippen LogP contribution in [0.5, 0.6) is 5.75 Å². The highest BCUT2D eigenvalue weighted by Gasteiger charge is 2.03. The van der Waals surface area contributed by atoms with Crippen molar-refractivity contribution in [2.24, 2.45) is 0 Å². The number of benzene rings is 2. The molecule has 0 unspecified atom stereocenters. The number of ether oxygens (including phenoxy) is 1. The van der Waals surface area contributed by atoms with Gasteiger partial charge in [-0.3, -0.25) is 0 Å². The molecule has 2 aromatic rings. The zero-order valence-corrected chi connectivity index (χ0v) is 13.8. The van der Waals surface area contributed by atoms with Gasteiger partial charge < -0.3 is 10.1 Å². The molecule has 21 heavy (non-hydrogen) atoms. The molecule has 0 aliphatic heterocycles. The molecule has 0 amide bonds. The zero-order valence-electron chi connectivity index (χ0n) is 12.2. The van der Waals surface area contributed by atoms with E-state index in [1.807, 2.05) is 24.3 Å². The smallest absolute Gasteiger partial charge is 0.124 e. The van der Waals surface area contributed by atoms with Gasteiger partial charge in [0, 0.05) is 22.6 Å². The van der Waals surface area contributed by atoms with Gasteiger partial charge >= 0.3 is 0 Å². The lowest BCUT2D eigenvalue weighted by Crippen LogP contribution is -2.21. The average Bonchev–Trinajstić information content (AvgIpc) is 2.45. The molecular weight excluding hydrogens is 333 g/mol.